The van der Waals surface area contributed by atoms with E-state index in [4.69, 9.17) is 9.47 Å². The first kappa shape index (κ1) is 16.6. The zero-order chi connectivity index (χ0) is 16.6. The summed E-state index contributed by atoms with van der Waals surface area (Å²) in [6.07, 6.45) is 3.78. The van der Waals surface area contributed by atoms with Gasteiger partial charge in [0.2, 0.25) is 0 Å². The summed E-state index contributed by atoms with van der Waals surface area (Å²) in [5.74, 6) is 0.972. The minimum Gasteiger partial charge on any atom is -0.493 e. The van der Waals surface area contributed by atoms with E-state index in [1.165, 1.54) is 5.56 Å². The van der Waals surface area contributed by atoms with E-state index in [-0.39, 0.29) is 12.1 Å². The highest BCUT2D eigenvalue weighted by atomic mass is 79.9. The van der Waals surface area contributed by atoms with Gasteiger partial charge in [0.15, 0.2) is 0 Å². The zero-order valence-electron chi connectivity index (χ0n) is 14.0. The number of nitrogens with zero attached hydrogens (tertiary/aromatic N) is 1. The van der Waals surface area contributed by atoms with Crippen molar-refractivity contribution in [3.8, 4) is 5.75 Å². The molecule has 2 aliphatic rings. The topological polar surface area (TPSA) is 38.8 Å². The molecule has 1 aromatic carbocycles. The maximum absolute atomic E-state index is 12.5. The number of amides is 1. The third-order valence-electron chi connectivity index (χ3n) is 4.24. The molecule has 1 amide bonds. The third-order valence-corrected chi connectivity index (χ3v) is 4.69. The molecule has 0 aromatic heterocycles. The predicted molar refractivity (Wildman–Crippen MR) is 92.9 cm³/mol. The molecule has 4 nitrogen and oxygen atoms in total. The lowest BCUT2D eigenvalue weighted by molar-refractivity contribution is 0.0222. The minimum atomic E-state index is -0.475. The first-order valence-corrected chi connectivity index (χ1v) is 9.09. The first-order valence-electron chi connectivity index (χ1n) is 8.30. The molecular weight excluding hydrogens is 358 g/mol. The van der Waals surface area contributed by atoms with Gasteiger partial charge in [0.05, 0.1) is 12.6 Å². The van der Waals surface area contributed by atoms with Crippen molar-refractivity contribution in [2.24, 2.45) is 0 Å². The minimum absolute atomic E-state index is 0.0363. The maximum atomic E-state index is 12.5. The fraction of sp³-hybridized carbons (Fsp3) is 0.611. The SMILES string of the molecule is CC(C)(C)OC(=O)N1CCC[C@H]1c1cc(Br)cc2c1OCCC2. The van der Waals surface area contributed by atoms with Crippen LogP contribution in [0, 0.1) is 0 Å². The van der Waals surface area contributed by atoms with E-state index in [2.05, 4.69) is 28.1 Å². The monoisotopic (exact) mass is 381 g/mol. The standard InChI is InChI=1S/C18H24BrNO3/c1-18(2,3)23-17(21)20-8-4-7-15(20)14-11-13(19)10-12-6-5-9-22-16(12)14/h10-11,15H,4-9H2,1-3H3/t15-/m0/s1. The van der Waals surface area contributed by atoms with Crippen LogP contribution in [-0.2, 0) is 11.2 Å². The number of hydrogen-bond donors (Lipinski definition) is 0. The summed E-state index contributed by atoms with van der Waals surface area (Å²) in [5.41, 5.74) is 1.87. The molecule has 5 heteroatoms. The molecule has 2 heterocycles. The van der Waals surface area contributed by atoms with Crippen LogP contribution < -0.4 is 4.74 Å². The summed E-state index contributed by atoms with van der Waals surface area (Å²) in [5, 5.41) is 0. The Hall–Kier alpha value is -1.23. The predicted octanol–water partition coefficient (Wildman–Crippen LogP) is 4.85. The normalized spacial score (nSPS) is 20.9. The van der Waals surface area contributed by atoms with Gasteiger partial charge < -0.3 is 14.4 Å². The van der Waals surface area contributed by atoms with E-state index >= 15 is 0 Å². The number of ether oxygens (including phenoxy) is 2. The molecule has 0 N–H and O–H groups in total. The molecule has 2 aliphatic heterocycles. The van der Waals surface area contributed by atoms with E-state index in [0.717, 1.165) is 54.6 Å². The molecule has 1 fully saturated rings. The number of carbonyl (C=O) groups excluding carboxylic acids is 1. The average molecular weight is 382 g/mol. The Morgan fingerprint density at radius 2 is 2.13 bits per heavy atom. The Morgan fingerprint density at radius 3 is 2.87 bits per heavy atom. The molecule has 0 radical (unpaired) electrons. The second-order valence-electron chi connectivity index (χ2n) is 7.27. The number of halogens is 1. The van der Waals surface area contributed by atoms with Gasteiger partial charge in [-0.15, -0.1) is 0 Å². The van der Waals surface area contributed by atoms with Crippen molar-refractivity contribution < 1.29 is 14.3 Å². The number of likely N-dealkylation sites (tertiary alicyclic amines) is 1. The largest absolute Gasteiger partial charge is 0.493 e. The summed E-state index contributed by atoms with van der Waals surface area (Å²) in [7, 11) is 0. The molecule has 0 unspecified atom stereocenters. The number of benzene rings is 1. The van der Waals surface area contributed by atoms with Gasteiger partial charge in [-0.2, -0.15) is 0 Å². The van der Waals surface area contributed by atoms with Crippen molar-refractivity contribution >= 4 is 22.0 Å². The molecule has 3 rings (SSSR count). The first-order chi connectivity index (χ1) is 10.8. The molecule has 1 saturated heterocycles. The Labute approximate surface area is 146 Å². The molecule has 0 saturated carbocycles. The molecule has 1 atom stereocenters. The summed E-state index contributed by atoms with van der Waals surface area (Å²) in [6.45, 7) is 7.20. The molecule has 23 heavy (non-hydrogen) atoms. The zero-order valence-corrected chi connectivity index (χ0v) is 15.6. The van der Waals surface area contributed by atoms with Crippen LogP contribution in [0.1, 0.15) is 57.2 Å². The highest BCUT2D eigenvalue weighted by Crippen LogP contribution is 2.42. The Kier molecular flexibility index (Phi) is 4.59. The fourth-order valence-corrected chi connectivity index (χ4v) is 3.87. The Balaban J connectivity index is 1.91. The summed E-state index contributed by atoms with van der Waals surface area (Å²) in [6, 6.07) is 4.26. The van der Waals surface area contributed by atoms with Crippen molar-refractivity contribution in [2.75, 3.05) is 13.2 Å². The van der Waals surface area contributed by atoms with Gasteiger partial charge >= 0.3 is 6.09 Å². The Bertz CT molecular complexity index is 609. The lowest BCUT2D eigenvalue weighted by atomic mass is 9.97. The maximum Gasteiger partial charge on any atom is 0.410 e. The molecule has 0 aliphatic carbocycles. The number of hydrogen-bond acceptors (Lipinski definition) is 3. The molecule has 0 spiro atoms. The summed E-state index contributed by atoms with van der Waals surface area (Å²) < 4.78 is 12.6. The van der Waals surface area contributed by atoms with Crippen molar-refractivity contribution in [1.29, 1.82) is 0 Å². The van der Waals surface area contributed by atoms with Gasteiger partial charge in [-0.25, -0.2) is 4.79 Å². The smallest absolute Gasteiger partial charge is 0.410 e. The Morgan fingerprint density at radius 1 is 1.35 bits per heavy atom. The van der Waals surface area contributed by atoms with Crippen molar-refractivity contribution in [2.45, 2.75) is 58.1 Å². The van der Waals surface area contributed by atoms with Crippen LogP contribution in [0.15, 0.2) is 16.6 Å². The number of rotatable bonds is 1. The third kappa shape index (κ3) is 3.65. The molecule has 1 aromatic rings. The second-order valence-corrected chi connectivity index (χ2v) is 8.18. The van der Waals surface area contributed by atoms with Crippen molar-refractivity contribution in [3.05, 3.63) is 27.7 Å². The fourth-order valence-electron chi connectivity index (χ4n) is 3.35. The van der Waals surface area contributed by atoms with Crippen LogP contribution in [0.2, 0.25) is 0 Å². The number of aryl methyl sites for hydroxylation is 1. The van der Waals surface area contributed by atoms with Crippen LogP contribution in [0.25, 0.3) is 0 Å². The van der Waals surface area contributed by atoms with Gasteiger partial charge in [0.1, 0.15) is 11.4 Å². The van der Waals surface area contributed by atoms with Gasteiger partial charge in [-0.1, -0.05) is 15.9 Å². The van der Waals surface area contributed by atoms with E-state index in [1.807, 2.05) is 25.7 Å². The van der Waals surface area contributed by atoms with Crippen LogP contribution in [0.3, 0.4) is 0 Å². The van der Waals surface area contributed by atoms with Crippen LogP contribution in [0.4, 0.5) is 4.79 Å². The van der Waals surface area contributed by atoms with Crippen molar-refractivity contribution in [3.63, 3.8) is 0 Å². The second kappa shape index (κ2) is 6.34. The van der Waals surface area contributed by atoms with Crippen LogP contribution in [-0.4, -0.2) is 29.7 Å². The van der Waals surface area contributed by atoms with Gasteiger partial charge in [-0.3, -0.25) is 0 Å². The quantitative estimate of drug-likeness (QED) is 0.697. The summed E-state index contributed by atoms with van der Waals surface area (Å²) >= 11 is 3.60. The highest BCUT2D eigenvalue weighted by molar-refractivity contribution is 9.10. The lowest BCUT2D eigenvalue weighted by Crippen LogP contribution is -2.36. The molecule has 0 bridgehead atoms. The van der Waals surface area contributed by atoms with Gasteiger partial charge in [-0.05, 0) is 64.2 Å². The van der Waals surface area contributed by atoms with Crippen LogP contribution in [0.5, 0.6) is 5.75 Å². The highest BCUT2D eigenvalue weighted by Gasteiger charge is 2.35. The van der Waals surface area contributed by atoms with Crippen LogP contribution >= 0.6 is 15.9 Å². The van der Waals surface area contributed by atoms with E-state index < -0.39 is 5.60 Å². The number of carbonyl (C=O) groups is 1. The van der Waals surface area contributed by atoms with E-state index in [0.29, 0.717) is 0 Å². The van der Waals surface area contributed by atoms with E-state index in [1.54, 1.807) is 0 Å². The lowest BCUT2D eigenvalue weighted by Gasteiger charge is -2.31. The summed E-state index contributed by atoms with van der Waals surface area (Å²) in [4.78, 5) is 14.4. The molecule has 126 valence electrons. The average Bonchev–Trinajstić information content (AvgIpc) is 2.93. The van der Waals surface area contributed by atoms with Crippen molar-refractivity contribution in [1.82, 2.24) is 4.90 Å². The number of fused-ring (bicyclic) bond motifs is 1. The van der Waals surface area contributed by atoms with Gasteiger partial charge in [0.25, 0.3) is 0 Å². The molecular formula is C18H24BrNO3. The van der Waals surface area contributed by atoms with Gasteiger partial charge in [0, 0.05) is 16.6 Å². The van der Waals surface area contributed by atoms with E-state index in [9.17, 15) is 4.79 Å².